The summed E-state index contributed by atoms with van der Waals surface area (Å²) in [6, 6.07) is 8.99. The maximum atomic E-state index is 13.0. The van der Waals surface area contributed by atoms with Gasteiger partial charge in [-0.15, -0.1) is 0 Å². The van der Waals surface area contributed by atoms with Gasteiger partial charge in [0, 0.05) is 10.5 Å². The van der Waals surface area contributed by atoms with E-state index in [2.05, 4.69) is 21.2 Å². The molecule has 2 amide bonds. The number of ether oxygens (including phenoxy) is 1. The normalized spacial score (nSPS) is 15.4. The number of methoxy groups -OCH3 is 1. The van der Waals surface area contributed by atoms with Crippen molar-refractivity contribution in [3.63, 3.8) is 0 Å². The Kier molecular flexibility index (Phi) is 5.62. The van der Waals surface area contributed by atoms with E-state index in [4.69, 9.17) is 17.0 Å². The number of nitrogens with one attached hydrogen (secondary N) is 1. The van der Waals surface area contributed by atoms with Gasteiger partial charge in [-0.3, -0.25) is 29.9 Å². The van der Waals surface area contributed by atoms with Crippen molar-refractivity contribution in [2.45, 2.75) is 0 Å². The van der Waals surface area contributed by atoms with Crippen molar-refractivity contribution in [2.75, 3.05) is 12.0 Å². The van der Waals surface area contributed by atoms with E-state index < -0.39 is 28.2 Å². The van der Waals surface area contributed by atoms with Gasteiger partial charge >= 0.3 is 5.69 Å². The Morgan fingerprint density at radius 1 is 1.28 bits per heavy atom. The lowest BCUT2D eigenvalue weighted by molar-refractivity contribution is -0.386. The number of halogens is 1. The number of phenols is 1. The van der Waals surface area contributed by atoms with Gasteiger partial charge in [-0.25, -0.2) is 0 Å². The number of amides is 2. The average Bonchev–Trinajstić information content (AvgIpc) is 2.67. The first-order chi connectivity index (χ1) is 13.7. The zero-order chi connectivity index (χ0) is 21.3. The molecule has 0 radical (unpaired) electrons. The van der Waals surface area contributed by atoms with Crippen LogP contribution in [-0.2, 0) is 9.59 Å². The number of nitro groups is 1. The first-order valence-corrected chi connectivity index (χ1v) is 9.15. The quantitative estimate of drug-likeness (QED) is 0.228. The van der Waals surface area contributed by atoms with E-state index in [0.717, 1.165) is 15.4 Å². The fraction of sp³-hybridized carbons (Fsp3) is 0.0556. The molecule has 0 aromatic heterocycles. The van der Waals surface area contributed by atoms with Gasteiger partial charge in [-0.1, -0.05) is 15.9 Å². The van der Waals surface area contributed by atoms with Crippen molar-refractivity contribution in [1.82, 2.24) is 5.32 Å². The van der Waals surface area contributed by atoms with Gasteiger partial charge < -0.3 is 9.84 Å². The van der Waals surface area contributed by atoms with Crippen LogP contribution in [0.2, 0.25) is 0 Å². The zero-order valence-corrected chi connectivity index (χ0v) is 17.1. The maximum absolute atomic E-state index is 13.0. The molecular weight excluding hydrogens is 466 g/mol. The van der Waals surface area contributed by atoms with Crippen molar-refractivity contribution in [3.05, 3.63) is 62.1 Å². The maximum Gasteiger partial charge on any atom is 0.315 e. The Bertz CT molecular complexity index is 1080. The third kappa shape index (κ3) is 3.96. The van der Waals surface area contributed by atoms with E-state index in [1.807, 2.05) is 0 Å². The number of aromatic hydroxyl groups is 1. The van der Waals surface area contributed by atoms with Crippen LogP contribution in [0.1, 0.15) is 5.56 Å². The van der Waals surface area contributed by atoms with Gasteiger partial charge in [-0.2, -0.15) is 0 Å². The smallest absolute Gasteiger partial charge is 0.315 e. The largest absolute Gasteiger partial charge is 0.500 e. The van der Waals surface area contributed by atoms with E-state index in [1.165, 1.54) is 19.3 Å². The number of thiocarbonyl (C=S) groups is 1. The summed E-state index contributed by atoms with van der Waals surface area (Å²) in [5.74, 6) is -2.27. The standard InChI is InChI=1S/C18H12BrN3O6S/c1-28-14-8-9(7-13(15(14)23)22(26)27)6-12-16(24)20-18(29)21(17(12)25)11-4-2-10(19)3-5-11/h2-8,23H,1H3,(H,20,24,29). The predicted molar refractivity (Wildman–Crippen MR) is 112 cm³/mol. The summed E-state index contributed by atoms with van der Waals surface area (Å²) in [7, 11) is 1.22. The predicted octanol–water partition coefficient (Wildman–Crippen LogP) is 2.90. The summed E-state index contributed by atoms with van der Waals surface area (Å²) in [5, 5.41) is 23.4. The molecule has 0 saturated carbocycles. The van der Waals surface area contributed by atoms with Crippen molar-refractivity contribution < 1.29 is 24.4 Å². The van der Waals surface area contributed by atoms with E-state index in [9.17, 15) is 24.8 Å². The fourth-order valence-electron chi connectivity index (χ4n) is 2.64. The molecule has 2 aromatic carbocycles. The Morgan fingerprint density at radius 3 is 2.52 bits per heavy atom. The minimum absolute atomic E-state index is 0.0891. The molecule has 0 aliphatic carbocycles. The third-order valence-electron chi connectivity index (χ3n) is 3.99. The molecule has 0 atom stereocenters. The number of rotatable bonds is 4. The molecule has 1 aliphatic rings. The topological polar surface area (TPSA) is 122 Å². The highest BCUT2D eigenvalue weighted by Crippen LogP contribution is 2.37. The lowest BCUT2D eigenvalue weighted by atomic mass is 10.1. The Hall–Kier alpha value is -3.31. The van der Waals surface area contributed by atoms with Gasteiger partial charge in [0.2, 0.25) is 5.75 Å². The first-order valence-electron chi connectivity index (χ1n) is 7.95. The number of nitrogens with zero attached hydrogens (tertiary/aromatic N) is 2. The van der Waals surface area contributed by atoms with Gasteiger partial charge in [0.1, 0.15) is 5.57 Å². The summed E-state index contributed by atoms with van der Waals surface area (Å²) < 4.78 is 5.72. The van der Waals surface area contributed by atoms with E-state index in [-0.39, 0.29) is 22.0 Å². The third-order valence-corrected chi connectivity index (χ3v) is 4.80. The molecule has 2 N–H and O–H groups in total. The number of carbonyl (C=O) groups is 2. The van der Waals surface area contributed by atoms with Crippen LogP contribution in [0, 0.1) is 10.1 Å². The highest BCUT2D eigenvalue weighted by Gasteiger charge is 2.34. The summed E-state index contributed by atoms with van der Waals surface area (Å²) in [4.78, 5) is 36.8. The van der Waals surface area contributed by atoms with Crippen molar-refractivity contribution >= 4 is 62.5 Å². The molecule has 1 heterocycles. The van der Waals surface area contributed by atoms with Gasteiger partial charge in [0.25, 0.3) is 11.8 Å². The number of hydrogen-bond acceptors (Lipinski definition) is 7. The SMILES string of the molecule is COc1cc(C=C2C(=O)NC(=S)N(c3ccc(Br)cc3)C2=O)cc([N+](=O)[O-])c1O. The highest BCUT2D eigenvalue weighted by molar-refractivity contribution is 9.10. The number of hydrogen-bond donors (Lipinski definition) is 2. The lowest BCUT2D eigenvalue weighted by Gasteiger charge is -2.29. The van der Waals surface area contributed by atoms with Crippen molar-refractivity contribution in [1.29, 1.82) is 0 Å². The number of nitro benzene ring substituents is 1. The molecule has 1 aliphatic heterocycles. The molecule has 0 unspecified atom stereocenters. The van der Waals surface area contributed by atoms with Crippen LogP contribution in [0.5, 0.6) is 11.5 Å². The number of carbonyl (C=O) groups excluding carboxylic acids is 2. The summed E-state index contributed by atoms with van der Waals surface area (Å²) >= 11 is 8.42. The molecule has 1 fully saturated rings. The second-order valence-corrected chi connectivity index (χ2v) is 7.08. The monoisotopic (exact) mass is 477 g/mol. The summed E-state index contributed by atoms with van der Waals surface area (Å²) in [6.45, 7) is 0. The van der Waals surface area contributed by atoms with Gasteiger partial charge in [-0.05, 0) is 54.2 Å². The van der Waals surface area contributed by atoms with Crippen LogP contribution < -0.4 is 15.0 Å². The molecule has 29 heavy (non-hydrogen) atoms. The van der Waals surface area contributed by atoms with Gasteiger partial charge in [0.05, 0.1) is 17.7 Å². The molecular formula is C18H12BrN3O6S. The zero-order valence-electron chi connectivity index (χ0n) is 14.7. The molecule has 0 bridgehead atoms. The average molecular weight is 478 g/mol. The Morgan fingerprint density at radius 2 is 1.93 bits per heavy atom. The van der Waals surface area contributed by atoms with Crippen LogP contribution >= 0.6 is 28.1 Å². The van der Waals surface area contributed by atoms with Crippen molar-refractivity contribution in [3.8, 4) is 11.5 Å². The molecule has 0 spiro atoms. The molecule has 148 valence electrons. The highest BCUT2D eigenvalue weighted by atomic mass is 79.9. The second-order valence-electron chi connectivity index (χ2n) is 5.78. The molecule has 3 rings (SSSR count). The van der Waals surface area contributed by atoms with E-state index in [1.54, 1.807) is 24.3 Å². The minimum atomic E-state index is -0.800. The number of benzene rings is 2. The van der Waals surface area contributed by atoms with Crippen LogP contribution in [-0.4, -0.2) is 34.1 Å². The van der Waals surface area contributed by atoms with Gasteiger partial charge in [0.15, 0.2) is 10.9 Å². The fourth-order valence-corrected chi connectivity index (χ4v) is 3.19. The van der Waals surface area contributed by atoms with E-state index >= 15 is 0 Å². The van der Waals surface area contributed by atoms with Crippen LogP contribution in [0.15, 0.2) is 46.4 Å². The minimum Gasteiger partial charge on any atom is -0.500 e. The van der Waals surface area contributed by atoms with E-state index in [0.29, 0.717) is 5.69 Å². The van der Waals surface area contributed by atoms with Crippen LogP contribution in [0.3, 0.4) is 0 Å². The molecule has 2 aromatic rings. The molecule has 11 heteroatoms. The number of anilines is 1. The van der Waals surface area contributed by atoms with Crippen LogP contribution in [0.25, 0.3) is 6.08 Å². The Balaban J connectivity index is 2.08. The second kappa shape index (κ2) is 7.97. The van der Waals surface area contributed by atoms with Crippen LogP contribution in [0.4, 0.5) is 11.4 Å². The number of phenolic OH excluding ortho intramolecular Hbond substituents is 1. The molecule has 9 nitrogen and oxygen atoms in total. The summed E-state index contributed by atoms with van der Waals surface area (Å²) in [5.41, 5.74) is -0.361. The van der Waals surface area contributed by atoms with Crippen molar-refractivity contribution in [2.24, 2.45) is 0 Å². The Labute approximate surface area is 177 Å². The summed E-state index contributed by atoms with van der Waals surface area (Å²) in [6.07, 6.45) is 1.17. The lowest BCUT2D eigenvalue weighted by Crippen LogP contribution is -2.54. The molecule has 1 saturated heterocycles. The first kappa shape index (κ1) is 20.4.